The Hall–Kier alpha value is -3.12. The number of carbonyl (C=O) groups is 2. The number of amides is 2. The number of furan rings is 1. The molecule has 6 heteroatoms. The molecule has 6 nitrogen and oxygen atoms in total. The summed E-state index contributed by atoms with van der Waals surface area (Å²) in [5, 5.41) is 4.05. The molecule has 0 aliphatic carbocycles. The van der Waals surface area contributed by atoms with Gasteiger partial charge in [-0.15, -0.1) is 0 Å². The van der Waals surface area contributed by atoms with Crippen LogP contribution in [0.15, 0.2) is 47.1 Å². The molecule has 0 bridgehead atoms. The molecule has 3 N–H and O–H groups in total. The SMILES string of the molecule is Cc1cc2occ(CC(=O)Nc3ccccc3CN3CCCC3C(N)=O)c2cc1C(C)C. The van der Waals surface area contributed by atoms with E-state index in [0.29, 0.717) is 12.5 Å². The molecule has 0 radical (unpaired) electrons. The summed E-state index contributed by atoms with van der Waals surface area (Å²) in [7, 11) is 0. The van der Waals surface area contributed by atoms with Gasteiger partial charge in [0.15, 0.2) is 0 Å². The smallest absolute Gasteiger partial charge is 0.234 e. The topological polar surface area (TPSA) is 88.6 Å². The van der Waals surface area contributed by atoms with E-state index in [1.165, 1.54) is 11.1 Å². The maximum Gasteiger partial charge on any atom is 0.234 e. The molecule has 2 amide bonds. The predicted molar refractivity (Wildman–Crippen MR) is 126 cm³/mol. The van der Waals surface area contributed by atoms with Crippen LogP contribution < -0.4 is 11.1 Å². The number of benzene rings is 2. The largest absolute Gasteiger partial charge is 0.464 e. The van der Waals surface area contributed by atoms with Gasteiger partial charge in [-0.3, -0.25) is 14.5 Å². The number of nitrogens with one attached hydrogen (secondary N) is 1. The molecule has 1 fully saturated rings. The van der Waals surface area contributed by atoms with Crippen LogP contribution in [-0.4, -0.2) is 29.3 Å². The third kappa shape index (κ3) is 4.55. The zero-order chi connectivity index (χ0) is 22.8. The number of fused-ring (bicyclic) bond motifs is 1. The molecule has 0 saturated carbocycles. The first-order valence-corrected chi connectivity index (χ1v) is 11.2. The van der Waals surface area contributed by atoms with E-state index in [4.69, 9.17) is 10.2 Å². The minimum absolute atomic E-state index is 0.0975. The third-order valence-corrected chi connectivity index (χ3v) is 6.37. The molecule has 2 heterocycles. The van der Waals surface area contributed by atoms with E-state index in [1.807, 2.05) is 30.3 Å². The second-order valence-electron chi connectivity index (χ2n) is 9.03. The lowest BCUT2D eigenvalue weighted by Crippen LogP contribution is -2.39. The zero-order valence-corrected chi connectivity index (χ0v) is 19.0. The van der Waals surface area contributed by atoms with Gasteiger partial charge < -0.3 is 15.5 Å². The van der Waals surface area contributed by atoms with Crippen molar-refractivity contribution in [3.8, 4) is 0 Å². The van der Waals surface area contributed by atoms with E-state index in [2.05, 4.69) is 37.1 Å². The highest BCUT2D eigenvalue weighted by Crippen LogP contribution is 2.30. The van der Waals surface area contributed by atoms with Crippen LogP contribution in [0.4, 0.5) is 5.69 Å². The highest BCUT2D eigenvalue weighted by molar-refractivity contribution is 5.96. The van der Waals surface area contributed by atoms with Crippen molar-refractivity contribution in [1.82, 2.24) is 4.90 Å². The summed E-state index contributed by atoms with van der Waals surface area (Å²) in [6.45, 7) is 7.83. The summed E-state index contributed by atoms with van der Waals surface area (Å²) in [6.07, 6.45) is 3.65. The normalized spacial score (nSPS) is 16.7. The number of hydrogen-bond acceptors (Lipinski definition) is 4. The van der Waals surface area contributed by atoms with Crippen LogP contribution in [0.3, 0.4) is 0 Å². The quantitative estimate of drug-likeness (QED) is 0.574. The van der Waals surface area contributed by atoms with Crippen molar-refractivity contribution in [2.24, 2.45) is 5.73 Å². The number of anilines is 1. The fourth-order valence-electron chi connectivity index (χ4n) is 4.71. The molecule has 1 saturated heterocycles. The fourth-order valence-corrected chi connectivity index (χ4v) is 4.71. The van der Waals surface area contributed by atoms with E-state index < -0.39 is 0 Å². The molecule has 1 unspecified atom stereocenters. The predicted octanol–water partition coefficient (Wildman–Crippen LogP) is 4.50. The lowest BCUT2D eigenvalue weighted by Gasteiger charge is -2.23. The van der Waals surface area contributed by atoms with Gasteiger partial charge in [0.05, 0.1) is 18.7 Å². The van der Waals surface area contributed by atoms with Crippen molar-refractivity contribution < 1.29 is 14.0 Å². The molecule has 1 aromatic heterocycles. The highest BCUT2D eigenvalue weighted by Gasteiger charge is 2.29. The van der Waals surface area contributed by atoms with Gasteiger partial charge in [0, 0.05) is 23.2 Å². The number of likely N-dealkylation sites (tertiary alicyclic amines) is 1. The fraction of sp³-hybridized carbons (Fsp3) is 0.385. The van der Waals surface area contributed by atoms with Crippen molar-refractivity contribution in [3.05, 3.63) is 64.9 Å². The average molecular weight is 434 g/mol. The van der Waals surface area contributed by atoms with Gasteiger partial charge in [0.1, 0.15) is 5.58 Å². The van der Waals surface area contributed by atoms with Crippen LogP contribution in [0, 0.1) is 6.92 Å². The second kappa shape index (κ2) is 9.17. The highest BCUT2D eigenvalue weighted by atomic mass is 16.3. The van der Waals surface area contributed by atoms with E-state index in [1.54, 1.807) is 6.26 Å². The number of primary amides is 1. The minimum atomic E-state index is -0.285. The van der Waals surface area contributed by atoms with Gasteiger partial charge in [0.25, 0.3) is 0 Å². The Morgan fingerprint density at radius 2 is 2.00 bits per heavy atom. The van der Waals surface area contributed by atoms with Crippen LogP contribution in [0.1, 0.15) is 54.9 Å². The monoisotopic (exact) mass is 433 g/mol. The van der Waals surface area contributed by atoms with Gasteiger partial charge in [-0.2, -0.15) is 0 Å². The molecular formula is C26H31N3O3. The van der Waals surface area contributed by atoms with Crippen molar-refractivity contribution in [1.29, 1.82) is 0 Å². The maximum absolute atomic E-state index is 12.9. The van der Waals surface area contributed by atoms with Crippen LogP contribution in [0.2, 0.25) is 0 Å². The third-order valence-electron chi connectivity index (χ3n) is 6.37. The average Bonchev–Trinajstić information content (AvgIpc) is 3.35. The molecule has 168 valence electrons. The standard InChI is InChI=1S/C26H31N3O3/c1-16(2)20-13-21-19(15-32-24(21)11-17(20)3)12-25(30)28-22-8-5-4-7-18(22)14-29-10-6-9-23(29)26(27)31/h4-5,7-8,11,13,15-16,23H,6,9-10,12,14H2,1-3H3,(H2,27,31)(H,28,30). The molecular weight excluding hydrogens is 402 g/mol. The molecule has 3 aromatic rings. The molecule has 1 aliphatic heterocycles. The number of nitrogens with zero attached hydrogens (tertiary/aromatic N) is 1. The van der Waals surface area contributed by atoms with E-state index in [9.17, 15) is 9.59 Å². The summed E-state index contributed by atoms with van der Waals surface area (Å²) >= 11 is 0. The van der Waals surface area contributed by atoms with Gasteiger partial charge in [-0.05, 0) is 67.1 Å². The van der Waals surface area contributed by atoms with Crippen LogP contribution in [-0.2, 0) is 22.6 Å². The number of nitrogens with two attached hydrogens (primary N) is 1. The van der Waals surface area contributed by atoms with Crippen molar-refractivity contribution in [2.45, 2.75) is 58.5 Å². The van der Waals surface area contributed by atoms with Crippen molar-refractivity contribution in [2.75, 3.05) is 11.9 Å². The first kappa shape index (κ1) is 22.1. The van der Waals surface area contributed by atoms with E-state index in [-0.39, 0.29) is 24.3 Å². The van der Waals surface area contributed by atoms with Crippen LogP contribution >= 0.6 is 0 Å². The van der Waals surface area contributed by atoms with Gasteiger partial charge in [-0.1, -0.05) is 32.0 Å². The summed E-state index contributed by atoms with van der Waals surface area (Å²) in [5.74, 6) is 0.0178. The van der Waals surface area contributed by atoms with E-state index >= 15 is 0 Å². The summed E-state index contributed by atoms with van der Waals surface area (Å²) in [6, 6.07) is 11.7. The Morgan fingerprint density at radius 1 is 1.22 bits per heavy atom. The summed E-state index contributed by atoms with van der Waals surface area (Å²) in [5.41, 5.74) is 11.4. The molecule has 0 spiro atoms. The van der Waals surface area contributed by atoms with Crippen LogP contribution in [0.25, 0.3) is 11.0 Å². The Labute approximate surface area is 188 Å². The minimum Gasteiger partial charge on any atom is -0.464 e. The number of para-hydroxylation sites is 1. The lowest BCUT2D eigenvalue weighted by molar-refractivity contribution is -0.122. The Kier molecular flexibility index (Phi) is 6.33. The Bertz CT molecular complexity index is 1150. The summed E-state index contributed by atoms with van der Waals surface area (Å²) in [4.78, 5) is 26.8. The first-order chi connectivity index (χ1) is 15.3. The number of carbonyl (C=O) groups excluding carboxylic acids is 2. The summed E-state index contributed by atoms with van der Waals surface area (Å²) < 4.78 is 5.73. The molecule has 1 aliphatic rings. The van der Waals surface area contributed by atoms with Crippen molar-refractivity contribution >= 4 is 28.5 Å². The number of rotatable bonds is 7. The lowest BCUT2D eigenvalue weighted by atomic mass is 9.95. The number of hydrogen-bond donors (Lipinski definition) is 2. The maximum atomic E-state index is 12.9. The molecule has 1 atom stereocenters. The van der Waals surface area contributed by atoms with Gasteiger partial charge >= 0.3 is 0 Å². The van der Waals surface area contributed by atoms with Crippen LogP contribution in [0.5, 0.6) is 0 Å². The van der Waals surface area contributed by atoms with E-state index in [0.717, 1.165) is 47.2 Å². The number of aryl methyl sites for hydroxylation is 1. The Morgan fingerprint density at radius 3 is 2.75 bits per heavy atom. The zero-order valence-electron chi connectivity index (χ0n) is 19.0. The molecule has 4 rings (SSSR count). The second-order valence-corrected chi connectivity index (χ2v) is 9.03. The molecule has 2 aromatic carbocycles. The molecule has 32 heavy (non-hydrogen) atoms. The van der Waals surface area contributed by atoms with Gasteiger partial charge in [0.2, 0.25) is 11.8 Å². The van der Waals surface area contributed by atoms with Gasteiger partial charge in [-0.25, -0.2) is 0 Å². The van der Waals surface area contributed by atoms with Crippen molar-refractivity contribution in [3.63, 3.8) is 0 Å². The Balaban J connectivity index is 1.51. The first-order valence-electron chi connectivity index (χ1n) is 11.2.